The minimum atomic E-state index is -4.12. The molecule has 0 radical (unpaired) electrons. The van der Waals surface area contributed by atoms with Crippen LogP contribution >= 0.6 is 34.7 Å². The summed E-state index contributed by atoms with van der Waals surface area (Å²) in [6.07, 6.45) is 1.51. The fourth-order valence-corrected chi connectivity index (χ4v) is 7.62. The number of carbonyl (C=O) groups excluding carboxylic acids is 1. The molecule has 0 saturated carbocycles. The summed E-state index contributed by atoms with van der Waals surface area (Å²) in [5.74, 6) is -0.779. The first kappa shape index (κ1) is 19.0. The highest BCUT2D eigenvalue weighted by Gasteiger charge is 2.43. The molecular weight excluding hydrogens is 430 g/mol. The number of sulfonamides is 1. The lowest BCUT2D eigenvalue weighted by atomic mass is 10.4. The molecule has 3 rings (SSSR count). The molecule has 1 saturated heterocycles. The maximum Gasteiger partial charge on any atom is 0.321 e. The minimum absolute atomic E-state index is 0.180. The molecule has 1 fully saturated rings. The van der Waals surface area contributed by atoms with E-state index in [2.05, 4.69) is 9.44 Å². The molecule has 0 amide bonds. The number of thiophene rings is 1. The number of ketones is 1. The molecule has 1 atom stereocenters. The Bertz CT molecular complexity index is 918. The smallest absolute Gasteiger partial charge is 0.290 e. The SMILES string of the molecule is O=C1C(NS(=O)(=O)Nc2ccsc2Cl)=CSC1S(=O)(=O)N1CCCC1. The van der Waals surface area contributed by atoms with Crippen molar-refractivity contribution in [2.45, 2.75) is 17.4 Å². The third kappa shape index (κ3) is 3.98. The third-order valence-electron chi connectivity index (χ3n) is 3.59. The highest BCUT2D eigenvalue weighted by atomic mass is 35.5. The fourth-order valence-electron chi connectivity index (χ4n) is 2.41. The number of carbonyl (C=O) groups is 1. The molecule has 8 nitrogen and oxygen atoms in total. The molecule has 1 aromatic rings. The van der Waals surface area contributed by atoms with Gasteiger partial charge in [-0.1, -0.05) is 11.6 Å². The number of hydrogen-bond donors (Lipinski definition) is 2. The molecule has 2 aliphatic rings. The third-order valence-corrected chi connectivity index (χ3v) is 9.47. The summed E-state index contributed by atoms with van der Waals surface area (Å²) in [5.41, 5.74) is -0.101. The Labute approximate surface area is 158 Å². The van der Waals surface area contributed by atoms with Crippen LogP contribution in [0.2, 0.25) is 4.34 Å². The second kappa shape index (κ2) is 7.08. The van der Waals surface area contributed by atoms with Crippen molar-refractivity contribution in [2.24, 2.45) is 0 Å². The van der Waals surface area contributed by atoms with Gasteiger partial charge < -0.3 is 0 Å². The van der Waals surface area contributed by atoms with Crippen molar-refractivity contribution in [3.63, 3.8) is 0 Å². The van der Waals surface area contributed by atoms with Crippen molar-refractivity contribution in [3.8, 4) is 0 Å². The average Bonchev–Trinajstić information content (AvgIpc) is 3.24. The zero-order chi connectivity index (χ0) is 18.2. The van der Waals surface area contributed by atoms with Gasteiger partial charge in [-0.2, -0.15) is 8.42 Å². The Balaban J connectivity index is 1.70. The van der Waals surface area contributed by atoms with Crippen molar-refractivity contribution in [2.75, 3.05) is 17.8 Å². The molecule has 1 aromatic heterocycles. The van der Waals surface area contributed by atoms with Gasteiger partial charge >= 0.3 is 10.2 Å². The lowest BCUT2D eigenvalue weighted by Crippen LogP contribution is -2.40. The second-order valence-corrected chi connectivity index (χ2v) is 11.6. The van der Waals surface area contributed by atoms with Gasteiger partial charge in [0.15, 0.2) is 4.58 Å². The van der Waals surface area contributed by atoms with Gasteiger partial charge in [-0.25, -0.2) is 12.7 Å². The van der Waals surface area contributed by atoms with E-state index in [0.29, 0.717) is 13.1 Å². The van der Waals surface area contributed by atoms with Crippen LogP contribution in [-0.4, -0.2) is 44.6 Å². The van der Waals surface area contributed by atoms with Crippen molar-refractivity contribution in [1.29, 1.82) is 0 Å². The minimum Gasteiger partial charge on any atom is -0.290 e. The van der Waals surface area contributed by atoms with Crippen LogP contribution in [0.3, 0.4) is 0 Å². The van der Waals surface area contributed by atoms with E-state index in [0.717, 1.165) is 35.9 Å². The highest BCUT2D eigenvalue weighted by molar-refractivity contribution is 8.16. The standard InChI is InChI=1S/C12H14ClN3O5S4/c13-11-8(3-6-22-11)14-25(20,21)15-9-7-23-12(10(9)17)24(18,19)16-4-1-2-5-16/h3,6-7,12,14-15H,1-2,4-5H2. The van der Waals surface area contributed by atoms with E-state index < -0.39 is 30.6 Å². The van der Waals surface area contributed by atoms with Crippen LogP contribution in [0.4, 0.5) is 5.69 Å². The number of rotatable bonds is 6. The van der Waals surface area contributed by atoms with Gasteiger partial charge in [-0.15, -0.1) is 23.1 Å². The predicted octanol–water partition coefficient (Wildman–Crippen LogP) is 1.56. The highest BCUT2D eigenvalue weighted by Crippen LogP contribution is 2.34. The number of nitrogens with one attached hydrogen (secondary N) is 2. The van der Waals surface area contributed by atoms with Crippen LogP contribution in [0.1, 0.15) is 12.8 Å². The maximum atomic E-state index is 12.5. The number of nitrogens with zero attached hydrogens (tertiary/aromatic N) is 1. The monoisotopic (exact) mass is 443 g/mol. The Kier molecular flexibility index (Phi) is 5.38. The van der Waals surface area contributed by atoms with Crippen molar-refractivity contribution < 1.29 is 21.6 Å². The summed E-state index contributed by atoms with van der Waals surface area (Å²) in [5, 5.41) is 2.82. The van der Waals surface area contributed by atoms with Gasteiger partial charge in [0.05, 0.1) is 5.69 Å². The molecule has 0 aliphatic carbocycles. The Morgan fingerprint density at radius 2 is 1.84 bits per heavy atom. The molecule has 3 heterocycles. The molecule has 2 N–H and O–H groups in total. The van der Waals surface area contributed by atoms with Crippen molar-refractivity contribution >= 4 is 66.4 Å². The zero-order valence-electron chi connectivity index (χ0n) is 12.6. The summed E-state index contributed by atoms with van der Waals surface area (Å²) < 4.78 is 53.7. The first-order valence-electron chi connectivity index (χ1n) is 7.13. The largest absolute Gasteiger partial charge is 0.321 e. The molecular formula is C12H14ClN3O5S4. The molecule has 0 bridgehead atoms. The normalized spacial score (nSPS) is 22.2. The van der Waals surface area contributed by atoms with Crippen molar-refractivity contribution in [3.05, 3.63) is 26.9 Å². The Morgan fingerprint density at radius 1 is 1.16 bits per heavy atom. The zero-order valence-corrected chi connectivity index (χ0v) is 16.7. The van der Waals surface area contributed by atoms with Gasteiger partial charge in [0.2, 0.25) is 15.8 Å². The van der Waals surface area contributed by atoms with E-state index >= 15 is 0 Å². The summed E-state index contributed by atoms with van der Waals surface area (Å²) in [6, 6.07) is 1.48. The molecule has 0 spiro atoms. The fraction of sp³-hybridized carbons (Fsp3) is 0.417. The lowest BCUT2D eigenvalue weighted by Gasteiger charge is -2.19. The Hall–Kier alpha value is -0.790. The molecule has 13 heteroatoms. The number of Topliss-reactive ketones (excluding diaryl/α,β-unsaturated/α-hetero) is 1. The van der Waals surface area contributed by atoms with E-state index in [1.807, 2.05) is 0 Å². The van der Waals surface area contributed by atoms with E-state index in [-0.39, 0.29) is 15.7 Å². The van der Waals surface area contributed by atoms with E-state index in [4.69, 9.17) is 11.6 Å². The molecule has 1 unspecified atom stereocenters. The number of halogens is 1. The Morgan fingerprint density at radius 3 is 2.44 bits per heavy atom. The van der Waals surface area contributed by atoms with Gasteiger partial charge in [0.1, 0.15) is 10.0 Å². The van der Waals surface area contributed by atoms with Crippen LogP contribution in [0, 0.1) is 0 Å². The first-order chi connectivity index (χ1) is 11.7. The number of thioether (sulfide) groups is 1. The topological polar surface area (TPSA) is 113 Å². The number of hydrogen-bond acceptors (Lipinski definition) is 7. The molecule has 0 aromatic carbocycles. The summed E-state index contributed by atoms with van der Waals surface area (Å²) >= 11 is 7.77. The summed E-state index contributed by atoms with van der Waals surface area (Å²) in [7, 11) is -7.93. The average molecular weight is 444 g/mol. The predicted molar refractivity (Wildman–Crippen MR) is 99.2 cm³/mol. The van der Waals surface area contributed by atoms with E-state index in [9.17, 15) is 21.6 Å². The maximum absolute atomic E-state index is 12.5. The quantitative estimate of drug-likeness (QED) is 0.689. The lowest BCUT2D eigenvalue weighted by molar-refractivity contribution is -0.113. The van der Waals surface area contributed by atoms with Crippen molar-refractivity contribution in [1.82, 2.24) is 9.03 Å². The van der Waals surface area contributed by atoms with E-state index in [1.54, 1.807) is 5.38 Å². The number of anilines is 1. The van der Waals surface area contributed by atoms with Crippen LogP contribution < -0.4 is 9.44 Å². The number of allylic oxidation sites excluding steroid dienone is 1. The summed E-state index contributed by atoms with van der Waals surface area (Å²) in [6.45, 7) is 0.762. The van der Waals surface area contributed by atoms with Gasteiger partial charge in [-0.3, -0.25) is 14.2 Å². The van der Waals surface area contributed by atoms with Crippen LogP contribution in [-0.2, 0) is 25.0 Å². The first-order valence-corrected chi connectivity index (χ1v) is 12.3. The van der Waals surface area contributed by atoms with Crippen LogP contribution in [0.5, 0.6) is 0 Å². The molecule has 2 aliphatic heterocycles. The molecule has 25 heavy (non-hydrogen) atoms. The van der Waals surface area contributed by atoms with Gasteiger partial charge in [0, 0.05) is 18.5 Å². The summed E-state index contributed by atoms with van der Waals surface area (Å²) in [4.78, 5) is 12.4. The molecule has 138 valence electrons. The van der Waals surface area contributed by atoms with Gasteiger partial charge in [0.25, 0.3) is 0 Å². The second-order valence-electron chi connectivity index (χ2n) is 5.33. The van der Waals surface area contributed by atoms with Crippen LogP contribution in [0.15, 0.2) is 22.6 Å². The van der Waals surface area contributed by atoms with Crippen LogP contribution in [0.25, 0.3) is 0 Å². The van der Waals surface area contributed by atoms with Gasteiger partial charge in [-0.05, 0) is 24.3 Å². The van der Waals surface area contributed by atoms with E-state index in [1.165, 1.54) is 15.8 Å².